The zero-order valence-corrected chi connectivity index (χ0v) is 9.59. The summed E-state index contributed by atoms with van der Waals surface area (Å²) < 4.78 is 37.8. The van der Waals surface area contributed by atoms with E-state index in [-0.39, 0.29) is 0 Å². The summed E-state index contributed by atoms with van der Waals surface area (Å²) in [6.07, 6.45) is -3.08. The predicted octanol–water partition coefficient (Wildman–Crippen LogP) is 1.96. The van der Waals surface area contributed by atoms with Crippen LogP contribution in [-0.2, 0) is 0 Å². The van der Waals surface area contributed by atoms with E-state index >= 15 is 0 Å². The Labute approximate surface area is 98.0 Å². The first kappa shape index (κ1) is 11.7. The first-order chi connectivity index (χ1) is 7.32. The van der Waals surface area contributed by atoms with Crippen LogP contribution in [0, 0.1) is 0 Å². The number of alkyl halides is 3. The number of aromatic nitrogens is 1. The van der Waals surface area contributed by atoms with Gasteiger partial charge in [0.05, 0.1) is 13.1 Å². The van der Waals surface area contributed by atoms with Crippen LogP contribution in [0.25, 0.3) is 0 Å². The third kappa shape index (κ3) is 1.89. The Kier molecular flexibility index (Phi) is 2.62. The van der Waals surface area contributed by atoms with E-state index in [1.54, 1.807) is 12.1 Å². The molecule has 2 heterocycles. The minimum atomic E-state index is -4.58. The van der Waals surface area contributed by atoms with Crippen molar-refractivity contribution in [2.45, 2.75) is 11.8 Å². The summed E-state index contributed by atoms with van der Waals surface area (Å²) in [7, 11) is 0. The van der Waals surface area contributed by atoms with Crippen molar-refractivity contribution in [2.75, 3.05) is 18.0 Å². The Bertz CT molecular complexity index is 387. The molecular weight excluding hydrogens is 289 g/mol. The van der Waals surface area contributed by atoms with E-state index < -0.39 is 24.9 Å². The van der Waals surface area contributed by atoms with Crippen LogP contribution in [0.2, 0.25) is 0 Å². The number of anilines is 1. The number of hydrogen-bond donors (Lipinski definition) is 1. The monoisotopic (exact) mass is 296 g/mol. The van der Waals surface area contributed by atoms with Gasteiger partial charge in [-0.15, -0.1) is 0 Å². The smallest absolute Gasteiger partial charge is 0.378 e. The maximum Gasteiger partial charge on any atom is 0.420 e. The van der Waals surface area contributed by atoms with Gasteiger partial charge < -0.3 is 10.0 Å². The maximum absolute atomic E-state index is 12.3. The first-order valence-electron chi connectivity index (χ1n) is 4.47. The SMILES string of the molecule is OC1(C(F)(F)F)CN(c2ccc(Br)cn2)C1. The molecule has 1 saturated heterocycles. The van der Waals surface area contributed by atoms with E-state index in [9.17, 15) is 18.3 Å². The molecule has 0 aromatic carbocycles. The van der Waals surface area contributed by atoms with E-state index in [2.05, 4.69) is 20.9 Å². The quantitative estimate of drug-likeness (QED) is 0.861. The molecule has 1 aromatic heterocycles. The number of halogens is 4. The maximum atomic E-state index is 12.3. The van der Waals surface area contributed by atoms with Crippen molar-refractivity contribution in [1.82, 2.24) is 4.98 Å². The third-order valence-corrected chi connectivity index (χ3v) is 2.94. The molecule has 0 radical (unpaired) electrons. The van der Waals surface area contributed by atoms with E-state index in [1.807, 2.05) is 0 Å². The van der Waals surface area contributed by atoms with Crippen LogP contribution >= 0.6 is 15.9 Å². The highest BCUT2D eigenvalue weighted by Gasteiger charge is 2.61. The Morgan fingerprint density at radius 3 is 2.44 bits per heavy atom. The number of aliphatic hydroxyl groups is 1. The molecular formula is C9H8BrF3N2O. The molecule has 0 unspecified atom stereocenters. The van der Waals surface area contributed by atoms with Crippen LogP contribution in [0.1, 0.15) is 0 Å². The second kappa shape index (κ2) is 3.59. The van der Waals surface area contributed by atoms with Gasteiger partial charge in [-0.25, -0.2) is 4.98 Å². The first-order valence-corrected chi connectivity index (χ1v) is 5.27. The highest BCUT2D eigenvalue weighted by Crippen LogP contribution is 2.39. The minimum absolute atomic E-state index is 0.428. The second-order valence-corrected chi connectivity index (χ2v) is 4.64. The Hall–Kier alpha value is -0.820. The average molecular weight is 297 g/mol. The van der Waals surface area contributed by atoms with Gasteiger partial charge in [-0.2, -0.15) is 13.2 Å². The molecule has 0 saturated carbocycles. The van der Waals surface area contributed by atoms with Gasteiger partial charge >= 0.3 is 6.18 Å². The summed E-state index contributed by atoms with van der Waals surface area (Å²) in [6.45, 7) is -0.934. The summed E-state index contributed by atoms with van der Waals surface area (Å²) in [4.78, 5) is 5.32. The summed E-state index contributed by atoms with van der Waals surface area (Å²) in [5.41, 5.74) is -2.60. The van der Waals surface area contributed by atoms with Gasteiger partial charge in [0, 0.05) is 10.7 Å². The van der Waals surface area contributed by atoms with Crippen molar-refractivity contribution in [1.29, 1.82) is 0 Å². The Balaban J connectivity index is 2.06. The molecule has 0 bridgehead atoms. The molecule has 0 spiro atoms. The molecule has 16 heavy (non-hydrogen) atoms. The number of rotatable bonds is 1. The van der Waals surface area contributed by atoms with Crippen LogP contribution in [0.15, 0.2) is 22.8 Å². The van der Waals surface area contributed by atoms with Gasteiger partial charge in [0.2, 0.25) is 0 Å². The number of hydrogen-bond acceptors (Lipinski definition) is 3. The van der Waals surface area contributed by atoms with Crippen molar-refractivity contribution >= 4 is 21.7 Å². The molecule has 0 atom stereocenters. The summed E-state index contributed by atoms with van der Waals surface area (Å²) in [5.74, 6) is 0.428. The number of β-amino-alcohol motifs (C(OH)–C–C–N with tert-alkyl or cyclic N) is 1. The van der Waals surface area contributed by atoms with E-state index in [4.69, 9.17) is 0 Å². The van der Waals surface area contributed by atoms with Gasteiger partial charge in [0.1, 0.15) is 5.82 Å². The topological polar surface area (TPSA) is 36.4 Å². The molecule has 1 aliphatic rings. The molecule has 3 nitrogen and oxygen atoms in total. The normalized spacial score (nSPS) is 19.4. The zero-order chi connectivity index (χ0) is 12.0. The standard InChI is InChI=1S/C9H8BrF3N2O/c10-6-1-2-7(14-3-6)15-4-8(16,5-15)9(11,12)13/h1-3,16H,4-5H2. The number of pyridine rings is 1. The third-order valence-electron chi connectivity index (χ3n) is 2.47. The zero-order valence-electron chi connectivity index (χ0n) is 8.00. The van der Waals surface area contributed by atoms with Gasteiger partial charge in [0.15, 0.2) is 5.60 Å². The van der Waals surface area contributed by atoms with Crippen molar-refractivity contribution < 1.29 is 18.3 Å². The van der Waals surface area contributed by atoms with Crippen LogP contribution < -0.4 is 4.90 Å². The van der Waals surface area contributed by atoms with Crippen molar-refractivity contribution in [3.63, 3.8) is 0 Å². The Morgan fingerprint density at radius 1 is 1.38 bits per heavy atom. The fraction of sp³-hybridized carbons (Fsp3) is 0.444. The fourth-order valence-corrected chi connectivity index (χ4v) is 1.72. The van der Waals surface area contributed by atoms with Crippen LogP contribution in [0.3, 0.4) is 0 Å². The molecule has 0 amide bonds. The van der Waals surface area contributed by atoms with Crippen LogP contribution in [0.5, 0.6) is 0 Å². The largest absolute Gasteiger partial charge is 0.420 e. The Morgan fingerprint density at radius 2 is 2.00 bits per heavy atom. The summed E-state index contributed by atoms with van der Waals surface area (Å²) >= 11 is 3.18. The van der Waals surface area contributed by atoms with Crippen molar-refractivity contribution in [2.24, 2.45) is 0 Å². The van der Waals surface area contributed by atoms with E-state index in [0.717, 1.165) is 4.47 Å². The van der Waals surface area contributed by atoms with Gasteiger partial charge in [-0.05, 0) is 28.1 Å². The number of nitrogens with zero attached hydrogens (tertiary/aromatic N) is 2. The molecule has 1 fully saturated rings. The molecule has 1 aliphatic heterocycles. The molecule has 7 heteroatoms. The van der Waals surface area contributed by atoms with Gasteiger partial charge in [0.25, 0.3) is 0 Å². The average Bonchev–Trinajstić information content (AvgIpc) is 2.13. The molecule has 2 rings (SSSR count). The van der Waals surface area contributed by atoms with Crippen molar-refractivity contribution in [3.05, 3.63) is 22.8 Å². The fourth-order valence-electron chi connectivity index (χ4n) is 1.48. The van der Waals surface area contributed by atoms with Crippen LogP contribution in [-0.4, -0.2) is 35.0 Å². The lowest BCUT2D eigenvalue weighted by Crippen LogP contribution is -2.69. The van der Waals surface area contributed by atoms with Crippen molar-refractivity contribution in [3.8, 4) is 0 Å². The van der Waals surface area contributed by atoms with E-state index in [0.29, 0.717) is 5.82 Å². The van der Waals surface area contributed by atoms with Gasteiger partial charge in [-0.1, -0.05) is 0 Å². The van der Waals surface area contributed by atoms with Crippen LogP contribution in [0.4, 0.5) is 19.0 Å². The lowest BCUT2D eigenvalue weighted by molar-refractivity contribution is -0.267. The highest BCUT2D eigenvalue weighted by atomic mass is 79.9. The van der Waals surface area contributed by atoms with Gasteiger partial charge in [-0.3, -0.25) is 0 Å². The second-order valence-electron chi connectivity index (χ2n) is 3.72. The lowest BCUT2D eigenvalue weighted by Gasteiger charge is -2.47. The molecule has 1 N–H and O–H groups in total. The highest BCUT2D eigenvalue weighted by molar-refractivity contribution is 9.10. The molecule has 1 aromatic rings. The summed E-state index contributed by atoms with van der Waals surface area (Å²) in [5, 5.41) is 9.23. The van der Waals surface area contributed by atoms with E-state index in [1.165, 1.54) is 11.1 Å². The summed E-state index contributed by atoms with van der Waals surface area (Å²) in [6, 6.07) is 3.29. The lowest BCUT2D eigenvalue weighted by atomic mass is 9.93. The predicted molar refractivity (Wildman–Crippen MR) is 55.2 cm³/mol. The minimum Gasteiger partial charge on any atom is -0.378 e. The molecule has 0 aliphatic carbocycles. The molecule has 88 valence electrons.